The molecule has 4 unspecified atom stereocenters. The van der Waals surface area contributed by atoms with Crippen molar-refractivity contribution < 1.29 is 47.3 Å². The molecule has 4 N–H and O–H groups in total. The number of likely N-dealkylation sites (tertiary alicyclic amines) is 2. The van der Waals surface area contributed by atoms with Crippen molar-refractivity contribution in [3.8, 4) is 0 Å². The van der Waals surface area contributed by atoms with Gasteiger partial charge in [-0.3, -0.25) is 14.4 Å². The van der Waals surface area contributed by atoms with Crippen LogP contribution in [0.15, 0.2) is 21.7 Å². The standard InChI is InChI=1S/C22H28N4O10S2/c27-17(25-8-13(6-15(25)21(30)31)23-20(29)12-3-4-12)10-36-11-18(28)26-9-14(7-16(26)22(32)33)24-38(34,35)19-2-1-5-37-19/h1-2,5,12-16,24H,3-4,6-11H2,(H,23,29)(H,30,31)(H,32,33). The average Bonchev–Trinajstić information content (AvgIpc) is 3.23. The molecule has 208 valence electrons. The highest BCUT2D eigenvalue weighted by atomic mass is 32.2. The van der Waals surface area contributed by atoms with Crippen LogP contribution in [0.25, 0.3) is 0 Å². The normalized spacial score (nSPS) is 25.4. The molecule has 4 atom stereocenters. The molecule has 3 aliphatic rings. The average molecular weight is 573 g/mol. The highest BCUT2D eigenvalue weighted by Gasteiger charge is 2.43. The maximum absolute atomic E-state index is 12.7. The molecule has 0 spiro atoms. The molecule has 2 saturated heterocycles. The zero-order valence-corrected chi connectivity index (χ0v) is 21.8. The number of carboxylic acid groups (broad SMARTS) is 2. The van der Waals surface area contributed by atoms with Gasteiger partial charge in [-0.05, 0) is 30.7 Å². The van der Waals surface area contributed by atoms with E-state index >= 15 is 0 Å². The molecule has 16 heteroatoms. The number of rotatable bonds is 11. The Morgan fingerprint density at radius 3 is 2.00 bits per heavy atom. The molecule has 3 fully saturated rings. The molecule has 4 rings (SSSR count). The number of sulfonamides is 1. The number of carbonyl (C=O) groups is 5. The van der Waals surface area contributed by atoms with Crippen LogP contribution in [0.3, 0.4) is 0 Å². The quantitative estimate of drug-likeness (QED) is 0.246. The Morgan fingerprint density at radius 2 is 1.50 bits per heavy atom. The lowest BCUT2D eigenvalue weighted by molar-refractivity contribution is -0.153. The third-order valence-corrected chi connectivity index (χ3v) is 9.56. The van der Waals surface area contributed by atoms with Crippen LogP contribution in [-0.4, -0.2) is 109 Å². The number of ether oxygens (including phenoxy) is 1. The molecule has 2 aliphatic heterocycles. The minimum Gasteiger partial charge on any atom is -0.480 e. The zero-order chi connectivity index (χ0) is 27.6. The van der Waals surface area contributed by atoms with Crippen molar-refractivity contribution in [1.82, 2.24) is 19.8 Å². The molecule has 3 amide bonds. The third kappa shape index (κ3) is 6.48. The first kappa shape index (κ1) is 27.9. The van der Waals surface area contributed by atoms with E-state index in [0.29, 0.717) is 0 Å². The number of nitrogens with one attached hydrogen (secondary N) is 2. The Labute approximate surface area is 222 Å². The second kappa shape index (κ2) is 11.3. The van der Waals surface area contributed by atoms with E-state index in [1.807, 2.05) is 0 Å². The lowest BCUT2D eigenvalue weighted by Crippen LogP contribution is -2.45. The van der Waals surface area contributed by atoms with Gasteiger partial charge in [-0.15, -0.1) is 11.3 Å². The van der Waals surface area contributed by atoms with Gasteiger partial charge in [-0.1, -0.05) is 6.07 Å². The van der Waals surface area contributed by atoms with E-state index in [9.17, 15) is 42.6 Å². The van der Waals surface area contributed by atoms with Gasteiger partial charge in [0.2, 0.25) is 27.7 Å². The highest BCUT2D eigenvalue weighted by Crippen LogP contribution is 2.30. The number of carbonyl (C=O) groups excluding carboxylic acids is 3. The topological polar surface area (TPSA) is 200 Å². The summed E-state index contributed by atoms with van der Waals surface area (Å²) >= 11 is 1.000. The summed E-state index contributed by atoms with van der Waals surface area (Å²) in [6.07, 6.45) is 1.47. The summed E-state index contributed by atoms with van der Waals surface area (Å²) in [7, 11) is -3.88. The van der Waals surface area contributed by atoms with Gasteiger partial charge < -0.3 is 30.1 Å². The Kier molecular flexibility index (Phi) is 8.34. The largest absolute Gasteiger partial charge is 0.480 e. The van der Waals surface area contributed by atoms with Crippen molar-refractivity contribution in [3.05, 3.63) is 17.5 Å². The first-order valence-electron chi connectivity index (χ1n) is 11.9. The van der Waals surface area contributed by atoms with Crippen molar-refractivity contribution in [3.63, 3.8) is 0 Å². The molecule has 14 nitrogen and oxygen atoms in total. The number of hydrogen-bond acceptors (Lipinski definition) is 9. The van der Waals surface area contributed by atoms with E-state index in [-0.39, 0.29) is 42.0 Å². The molecule has 0 bridgehead atoms. The minimum absolute atomic E-state index is 0.00908. The van der Waals surface area contributed by atoms with Crippen LogP contribution in [0.1, 0.15) is 25.7 Å². The molecule has 1 aromatic heterocycles. The fourth-order valence-electron chi connectivity index (χ4n) is 4.63. The van der Waals surface area contributed by atoms with Crippen LogP contribution in [0.5, 0.6) is 0 Å². The lowest BCUT2D eigenvalue weighted by Gasteiger charge is -2.23. The number of nitrogens with zero attached hydrogens (tertiary/aromatic N) is 2. The summed E-state index contributed by atoms with van der Waals surface area (Å²) in [5.74, 6) is -4.21. The van der Waals surface area contributed by atoms with Gasteiger partial charge in [0.1, 0.15) is 29.5 Å². The van der Waals surface area contributed by atoms with Gasteiger partial charge in [0.15, 0.2) is 0 Å². The third-order valence-electron chi connectivity index (χ3n) is 6.64. The predicted octanol–water partition coefficient (Wildman–Crippen LogP) is -1.32. The fraction of sp³-hybridized carbons (Fsp3) is 0.591. The van der Waals surface area contributed by atoms with Gasteiger partial charge >= 0.3 is 11.9 Å². The van der Waals surface area contributed by atoms with Crippen LogP contribution < -0.4 is 10.0 Å². The van der Waals surface area contributed by atoms with Crippen LogP contribution in [0.4, 0.5) is 0 Å². The fourth-order valence-corrected chi connectivity index (χ4v) is 6.88. The summed E-state index contributed by atoms with van der Waals surface area (Å²) in [4.78, 5) is 62.8. The van der Waals surface area contributed by atoms with Gasteiger partial charge in [-0.25, -0.2) is 22.7 Å². The maximum Gasteiger partial charge on any atom is 0.326 e. The first-order chi connectivity index (χ1) is 18.0. The highest BCUT2D eigenvalue weighted by molar-refractivity contribution is 7.91. The van der Waals surface area contributed by atoms with E-state index < -0.39 is 71.2 Å². The maximum atomic E-state index is 12.7. The second-order valence-electron chi connectivity index (χ2n) is 9.49. The Bertz CT molecular complexity index is 1200. The monoisotopic (exact) mass is 572 g/mol. The molecular weight excluding hydrogens is 544 g/mol. The van der Waals surface area contributed by atoms with E-state index in [1.165, 1.54) is 6.07 Å². The van der Waals surface area contributed by atoms with E-state index in [0.717, 1.165) is 34.0 Å². The number of thiophene rings is 1. The summed E-state index contributed by atoms with van der Waals surface area (Å²) in [5.41, 5.74) is 0. The molecule has 1 aromatic rings. The minimum atomic E-state index is -3.88. The summed E-state index contributed by atoms with van der Waals surface area (Å²) in [6, 6.07) is -0.818. The zero-order valence-electron chi connectivity index (χ0n) is 20.1. The molecule has 3 heterocycles. The number of amides is 3. The Morgan fingerprint density at radius 1 is 0.947 bits per heavy atom. The van der Waals surface area contributed by atoms with Crippen LogP contribution in [0, 0.1) is 5.92 Å². The van der Waals surface area contributed by atoms with Crippen molar-refractivity contribution >= 4 is 51.0 Å². The van der Waals surface area contributed by atoms with Gasteiger partial charge in [0, 0.05) is 37.5 Å². The van der Waals surface area contributed by atoms with Crippen molar-refractivity contribution in [1.29, 1.82) is 0 Å². The number of hydrogen-bond donors (Lipinski definition) is 4. The van der Waals surface area contributed by atoms with Crippen molar-refractivity contribution in [2.75, 3.05) is 26.3 Å². The Balaban J connectivity index is 1.29. The van der Waals surface area contributed by atoms with Crippen LogP contribution in [0.2, 0.25) is 0 Å². The lowest BCUT2D eigenvalue weighted by atomic mass is 10.1. The summed E-state index contributed by atoms with van der Waals surface area (Å²) in [6.45, 7) is -1.50. The van der Waals surface area contributed by atoms with Gasteiger partial charge in [0.05, 0.1) is 0 Å². The number of aliphatic carboxylic acids is 2. The van der Waals surface area contributed by atoms with Gasteiger partial charge in [0.25, 0.3) is 0 Å². The summed E-state index contributed by atoms with van der Waals surface area (Å²) < 4.78 is 32.7. The van der Waals surface area contributed by atoms with Crippen molar-refractivity contribution in [2.45, 2.75) is 54.1 Å². The molecule has 0 aromatic carbocycles. The summed E-state index contributed by atoms with van der Waals surface area (Å²) in [5, 5.41) is 23.4. The van der Waals surface area contributed by atoms with Crippen LogP contribution in [-0.2, 0) is 38.7 Å². The molecule has 1 saturated carbocycles. The number of carboxylic acids is 2. The Hall–Kier alpha value is -3.08. The van der Waals surface area contributed by atoms with E-state index in [4.69, 9.17) is 4.74 Å². The van der Waals surface area contributed by atoms with E-state index in [2.05, 4.69) is 10.0 Å². The SMILES string of the molecule is O=C(NC1CC(C(=O)O)N(C(=O)COCC(=O)N2CC(NS(=O)(=O)c3cccs3)CC2C(=O)O)C1)C1CC1. The molecule has 38 heavy (non-hydrogen) atoms. The van der Waals surface area contributed by atoms with Crippen LogP contribution >= 0.6 is 11.3 Å². The smallest absolute Gasteiger partial charge is 0.326 e. The second-order valence-corrected chi connectivity index (χ2v) is 12.4. The molecule has 0 radical (unpaired) electrons. The van der Waals surface area contributed by atoms with Crippen molar-refractivity contribution in [2.24, 2.45) is 5.92 Å². The predicted molar refractivity (Wildman–Crippen MR) is 129 cm³/mol. The van der Waals surface area contributed by atoms with Gasteiger partial charge in [-0.2, -0.15) is 0 Å². The molecular formula is C22H28N4O10S2. The first-order valence-corrected chi connectivity index (χ1v) is 14.3. The van der Waals surface area contributed by atoms with E-state index in [1.54, 1.807) is 11.4 Å². The molecule has 1 aliphatic carbocycles.